The first kappa shape index (κ1) is 10.7. The molecule has 17 heavy (non-hydrogen) atoms. The first-order chi connectivity index (χ1) is 8.33. The van der Waals surface area contributed by atoms with Gasteiger partial charge in [0.15, 0.2) is 10.8 Å². The second-order valence-corrected chi connectivity index (χ2v) is 4.55. The molecule has 2 aromatic rings. The van der Waals surface area contributed by atoms with E-state index in [9.17, 15) is 0 Å². The van der Waals surface area contributed by atoms with Crippen LogP contribution in [0.3, 0.4) is 0 Å². The van der Waals surface area contributed by atoms with Gasteiger partial charge in [-0.15, -0.1) is 0 Å². The summed E-state index contributed by atoms with van der Waals surface area (Å²) in [4.78, 5) is 16.8. The van der Waals surface area contributed by atoms with Crippen molar-refractivity contribution in [2.45, 2.75) is 31.7 Å². The molecule has 0 aliphatic heterocycles. The fraction of sp³-hybridized carbons (Fsp3) is 0.455. The maximum atomic E-state index is 6.05. The number of hydrogen-bond acceptors (Lipinski definition) is 5. The Bertz CT molecular complexity index is 538. The van der Waals surface area contributed by atoms with Crippen LogP contribution < -0.4 is 5.32 Å². The summed E-state index contributed by atoms with van der Waals surface area (Å²) in [7, 11) is 0. The molecule has 1 saturated carbocycles. The molecule has 1 aliphatic carbocycles. The number of fused-ring (bicyclic) bond motifs is 1. The minimum Gasteiger partial charge on any atom is -0.351 e. The molecular formula is C11H12ClN5. The number of nitrogens with one attached hydrogen (secondary N) is 1. The molecule has 0 saturated heterocycles. The SMILES string of the molecule is Clc1nc(NC2CCCC2)nc2nccnc12. The predicted octanol–water partition coefficient (Wildman–Crippen LogP) is 2.43. The van der Waals surface area contributed by atoms with Gasteiger partial charge >= 0.3 is 0 Å². The summed E-state index contributed by atoms with van der Waals surface area (Å²) < 4.78 is 0. The van der Waals surface area contributed by atoms with Crippen LogP contribution in [0.5, 0.6) is 0 Å². The van der Waals surface area contributed by atoms with E-state index in [1.807, 2.05) is 0 Å². The van der Waals surface area contributed by atoms with E-state index < -0.39 is 0 Å². The van der Waals surface area contributed by atoms with E-state index in [-0.39, 0.29) is 0 Å². The van der Waals surface area contributed by atoms with Crippen molar-refractivity contribution < 1.29 is 0 Å². The third-order valence-electron chi connectivity index (χ3n) is 2.98. The smallest absolute Gasteiger partial charge is 0.226 e. The van der Waals surface area contributed by atoms with Gasteiger partial charge in [0.2, 0.25) is 5.95 Å². The van der Waals surface area contributed by atoms with Crippen molar-refractivity contribution in [3.8, 4) is 0 Å². The van der Waals surface area contributed by atoms with Crippen molar-refractivity contribution in [2.24, 2.45) is 0 Å². The lowest BCUT2D eigenvalue weighted by atomic mass is 10.2. The lowest BCUT2D eigenvalue weighted by Gasteiger charge is -2.11. The zero-order valence-corrected chi connectivity index (χ0v) is 9.98. The largest absolute Gasteiger partial charge is 0.351 e. The number of hydrogen-bond donors (Lipinski definition) is 1. The number of halogens is 1. The number of anilines is 1. The Morgan fingerprint density at radius 1 is 1.12 bits per heavy atom. The van der Waals surface area contributed by atoms with Crippen LogP contribution in [0.2, 0.25) is 5.15 Å². The van der Waals surface area contributed by atoms with Crippen LogP contribution in [-0.2, 0) is 0 Å². The summed E-state index contributed by atoms with van der Waals surface area (Å²) in [5.41, 5.74) is 1.08. The second kappa shape index (κ2) is 4.41. The Hall–Kier alpha value is -1.49. The molecule has 3 rings (SSSR count). The van der Waals surface area contributed by atoms with Gasteiger partial charge < -0.3 is 5.32 Å². The van der Waals surface area contributed by atoms with Gasteiger partial charge in [0, 0.05) is 18.4 Å². The van der Waals surface area contributed by atoms with Gasteiger partial charge in [-0.25, -0.2) is 9.97 Å². The van der Waals surface area contributed by atoms with Gasteiger partial charge in [-0.05, 0) is 12.8 Å². The average molecular weight is 250 g/mol. The molecule has 1 fully saturated rings. The molecule has 1 aliphatic rings. The molecule has 0 aromatic carbocycles. The highest BCUT2D eigenvalue weighted by Gasteiger charge is 2.16. The highest BCUT2D eigenvalue weighted by atomic mass is 35.5. The van der Waals surface area contributed by atoms with Crippen LogP contribution in [0, 0.1) is 0 Å². The third-order valence-corrected chi connectivity index (χ3v) is 3.24. The predicted molar refractivity (Wildman–Crippen MR) is 66.0 cm³/mol. The van der Waals surface area contributed by atoms with E-state index in [4.69, 9.17) is 11.6 Å². The normalized spacial score (nSPS) is 16.5. The van der Waals surface area contributed by atoms with Gasteiger partial charge in [-0.2, -0.15) is 9.97 Å². The van der Waals surface area contributed by atoms with Crippen molar-refractivity contribution in [1.82, 2.24) is 19.9 Å². The molecule has 5 nitrogen and oxygen atoms in total. The van der Waals surface area contributed by atoms with E-state index >= 15 is 0 Å². The minimum atomic E-state index is 0.351. The number of aromatic nitrogens is 4. The van der Waals surface area contributed by atoms with Gasteiger partial charge in [0.05, 0.1) is 0 Å². The molecule has 0 unspecified atom stereocenters. The number of rotatable bonds is 2. The van der Waals surface area contributed by atoms with Crippen molar-refractivity contribution in [3.05, 3.63) is 17.5 Å². The Labute approximate surface area is 104 Å². The fourth-order valence-electron chi connectivity index (χ4n) is 2.15. The summed E-state index contributed by atoms with van der Waals surface area (Å²) in [5, 5.41) is 3.65. The van der Waals surface area contributed by atoms with Gasteiger partial charge in [-0.1, -0.05) is 24.4 Å². The lowest BCUT2D eigenvalue weighted by molar-refractivity contribution is 0.745. The van der Waals surface area contributed by atoms with Crippen LogP contribution in [0.4, 0.5) is 5.95 Å². The van der Waals surface area contributed by atoms with Gasteiger partial charge in [-0.3, -0.25) is 0 Å². The zero-order chi connectivity index (χ0) is 11.7. The molecule has 0 amide bonds. The summed E-state index contributed by atoms with van der Waals surface area (Å²) in [6.45, 7) is 0. The number of nitrogens with zero attached hydrogens (tertiary/aromatic N) is 4. The van der Waals surface area contributed by atoms with E-state index in [0.29, 0.717) is 28.3 Å². The monoisotopic (exact) mass is 249 g/mol. The standard InChI is InChI=1S/C11H12ClN5/c12-9-8-10(14-6-5-13-8)17-11(16-9)15-7-3-1-2-4-7/h5-7H,1-4H2,(H,14,15,16,17). The minimum absolute atomic E-state index is 0.351. The van der Waals surface area contributed by atoms with Crippen LogP contribution >= 0.6 is 11.6 Å². The second-order valence-electron chi connectivity index (χ2n) is 4.19. The van der Waals surface area contributed by atoms with Crippen molar-refractivity contribution in [2.75, 3.05) is 5.32 Å². The maximum absolute atomic E-state index is 6.05. The first-order valence-electron chi connectivity index (χ1n) is 5.74. The Morgan fingerprint density at radius 3 is 2.71 bits per heavy atom. The molecule has 0 radical (unpaired) electrons. The fourth-order valence-corrected chi connectivity index (χ4v) is 2.36. The van der Waals surface area contributed by atoms with E-state index in [2.05, 4.69) is 25.3 Å². The molecule has 2 heterocycles. The molecule has 0 atom stereocenters. The van der Waals surface area contributed by atoms with Gasteiger partial charge in [0.1, 0.15) is 5.52 Å². The summed E-state index contributed by atoms with van der Waals surface area (Å²) >= 11 is 6.05. The average Bonchev–Trinajstić information content (AvgIpc) is 2.82. The molecule has 88 valence electrons. The Morgan fingerprint density at radius 2 is 1.88 bits per heavy atom. The topological polar surface area (TPSA) is 63.6 Å². The highest BCUT2D eigenvalue weighted by molar-refractivity contribution is 6.33. The summed E-state index contributed by atoms with van der Waals surface area (Å²) in [6, 6.07) is 0.459. The molecule has 0 spiro atoms. The van der Waals surface area contributed by atoms with Crippen LogP contribution in [0.1, 0.15) is 25.7 Å². The molecular weight excluding hydrogens is 238 g/mol. The summed E-state index contributed by atoms with van der Waals surface area (Å²) in [6.07, 6.45) is 8.04. The maximum Gasteiger partial charge on any atom is 0.226 e. The quantitative estimate of drug-likeness (QED) is 0.829. The highest BCUT2D eigenvalue weighted by Crippen LogP contribution is 2.23. The third kappa shape index (κ3) is 2.15. The molecule has 1 N–H and O–H groups in total. The lowest BCUT2D eigenvalue weighted by Crippen LogP contribution is -2.16. The Kier molecular flexibility index (Phi) is 2.76. The van der Waals surface area contributed by atoms with Crippen molar-refractivity contribution in [3.63, 3.8) is 0 Å². The van der Waals surface area contributed by atoms with E-state index in [1.165, 1.54) is 25.7 Å². The van der Waals surface area contributed by atoms with E-state index in [1.54, 1.807) is 12.4 Å². The molecule has 2 aromatic heterocycles. The Balaban J connectivity index is 1.94. The van der Waals surface area contributed by atoms with Crippen LogP contribution in [-0.4, -0.2) is 26.0 Å². The summed E-state index contributed by atoms with van der Waals surface area (Å²) in [5.74, 6) is 0.551. The van der Waals surface area contributed by atoms with Gasteiger partial charge in [0.25, 0.3) is 0 Å². The van der Waals surface area contributed by atoms with Crippen molar-refractivity contribution >= 4 is 28.7 Å². The molecule has 6 heteroatoms. The molecule has 0 bridgehead atoms. The first-order valence-corrected chi connectivity index (χ1v) is 6.11. The van der Waals surface area contributed by atoms with Crippen LogP contribution in [0.15, 0.2) is 12.4 Å². The van der Waals surface area contributed by atoms with Crippen LogP contribution in [0.25, 0.3) is 11.2 Å². The van der Waals surface area contributed by atoms with E-state index in [0.717, 1.165) is 0 Å². The van der Waals surface area contributed by atoms with Crippen molar-refractivity contribution in [1.29, 1.82) is 0 Å². The zero-order valence-electron chi connectivity index (χ0n) is 9.23.